The van der Waals surface area contributed by atoms with Crippen molar-refractivity contribution < 1.29 is 4.79 Å². The Morgan fingerprint density at radius 1 is 1.08 bits per heavy atom. The number of H-pyrrole nitrogens is 2. The van der Waals surface area contributed by atoms with E-state index in [0.29, 0.717) is 18.1 Å². The highest BCUT2D eigenvalue weighted by Gasteiger charge is 2.20. The first kappa shape index (κ1) is 23.1. The number of nitrogens with one attached hydrogen (secondary N) is 3. The molecule has 5 heterocycles. The maximum Gasteiger partial charge on any atom is 0.224 e. The van der Waals surface area contributed by atoms with Gasteiger partial charge in [0.1, 0.15) is 5.65 Å². The molecule has 2 aliphatic rings. The van der Waals surface area contributed by atoms with Gasteiger partial charge in [0.15, 0.2) is 5.15 Å². The van der Waals surface area contributed by atoms with Crippen molar-refractivity contribution in [2.75, 3.05) is 38.0 Å². The van der Waals surface area contributed by atoms with Gasteiger partial charge in [0.2, 0.25) is 5.91 Å². The molecule has 0 spiro atoms. The molecule has 1 amide bonds. The third-order valence-corrected chi connectivity index (χ3v) is 7.61. The summed E-state index contributed by atoms with van der Waals surface area (Å²) < 4.78 is 0. The van der Waals surface area contributed by atoms with Gasteiger partial charge in [-0.05, 0) is 68.3 Å². The molecule has 2 aliphatic heterocycles. The zero-order valence-electron chi connectivity index (χ0n) is 20.2. The van der Waals surface area contributed by atoms with Crippen molar-refractivity contribution in [2.45, 2.75) is 32.1 Å². The number of piperidine rings is 1. The predicted octanol–water partition coefficient (Wildman–Crippen LogP) is 5.33. The van der Waals surface area contributed by atoms with Crippen molar-refractivity contribution in [3.63, 3.8) is 0 Å². The van der Waals surface area contributed by atoms with Crippen LogP contribution in [0.1, 0.15) is 37.8 Å². The number of pyridine rings is 1. The molecule has 0 bridgehead atoms. The normalized spacial score (nSPS) is 17.0. The van der Waals surface area contributed by atoms with Crippen LogP contribution in [0.5, 0.6) is 0 Å². The summed E-state index contributed by atoms with van der Waals surface area (Å²) in [7, 11) is 0. The van der Waals surface area contributed by atoms with E-state index in [-0.39, 0.29) is 5.91 Å². The van der Waals surface area contributed by atoms with Gasteiger partial charge in [-0.1, -0.05) is 24.1 Å². The summed E-state index contributed by atoms with van der Waals surface area (Å²) in [6.07, 6.45) is 9.26. The van der Waals surface area contributed by atoms with Crippen LogP contribution in [0, 0.1) is 0 Å². The van der Waals surface area contributed by atoms with Crippen LogP contribution in [0.15, 0.2) is 42.6 Å². The molecule has 186 valence electrons. The van der Waals surface area contributed by atoms with E-state index in [1.54, 1.807) is 6.20 Å². The zero-order chi connectivity index (χ0) is 24.5. The highest BCUT2D eigenvalue weighted by molar-refractivity contribution is 6.34. The number of nitrogens with zero attached hydrogens (tertiary/aromatic N) is 4. The first-order valence-corrected chi connectivity index (χ1v) is 13.1. The molecule has 6 rings (SSSR count). The Morgan fingerprint density at radius 2 is 1.97 bits per heavy atom. The maximum absolute atomic E-state index is 12.8. The second-order valence-corrected chi connectivity index (χ2v) is 10.0. The summed E-state index contributed by atoms with van der Waals surface area (Å²) in [5.74, 6) is 0.260. The van der Waals surface area contributed by atoms with Gasteiger partial charge in [-0.3, -0.25) is 9.89 Å². The lowest BCUT2D eigenvalue weighted by atomic mass is 10.0. The molecule has 1 aromatic carbocycles. The van der Waals surface area contributed by atoms with Crippen LogP contribution in [0.25, 0.3) is 27.5 Å². The van der Waals surface area contributed by atoms with Crippen molar-refractivity contribution >= 4 is 56.4 Å². The second kappa shape index (κ2) is 9.95. The van der Waals surface area contributed by atoms with Gasteiger partial charge >= 0.3 is 0 Å². The minimum atomic E-state index is 0.260. The highest BCUT2D eigenvalue weighted by atomic mass is 35.5. The Hall–Kier alpha value is -3.36. The molecular weight excluding hydrogens is 474 g/mol. The van der Waals surface area contributed by atoms with E-state index in [1.165, 1.54) is 24.8 Å². The molecule has 0 unspecified atom stereocenters. The number of amides is 1. The third-order valence-electron chi connectivity index (χ3n) is 7.33. The van der Waals surface area contributed by atoms with Crippen LogP contribution in [-0.4, -0.2) is 68.6 Å². The summed E-state index contributed by atoms with van der Waals surface area (Å²) in [6.45, 7) is 4.56. The molecule has 0 saturated carbocycles. The number of halogens is 1. The molecule has 4 aromatic rings. The maximum atomic E-state index is 12.8. The standard InChI is InChI=1S/C27H30ClN7O/c28-26-20-16-19(4-5-23(20)32-33-26)30-22-6-10-29-27-21(22)17-24(31-27)18-7-14-35(15-8-18)25(36)9-13-34-11-2-1-3-12-34/h4-7,10,16-17H,1-3,8-9,11-15H2,(H,32,33)(H2,29,30,31). The van der Waals surface area contributed by atoms with E-state index >= 15 is 0 Å². The van der Waals surface area contributed by atoms with Gasteiger partial charge in [-0.15, -0.1) is 0 Å². The number of hydrogen-bond acceptors (Lipinski definition) is 5. The Balaban J connectivity index is 1.14. The first-order valence-electron chi connectivity index (χ1n) is 12.7. The number of likely N-dealkylation sites (tertiary alicyclic amines) is 1. The van der Waals surface area contributed by atoms with Crippen molar-refractivity contribution in [1.29, 1.82) is 0 Å². The molecular formula is C27H30ClN7O. The summed E-state index contributed by atoms with van der Waals surface area (Å²) in [5, 5.41) is 12.8. The van der Waals surface area contributed by atoms with Crippen LogP contribution in [0.4, 0.5) is 11.4 Å². The fourth-order valence-corrected chi connectivity index (χ4v) is 5.46. The molecule has 3 N–H and O–H groups in total. The number of hydrogen-bond donors (Lipinski definition) is 3. The lowest BCUT2D eigenvalue weighted by molar-refractivity contribution is -0.131. The monoisotopic (exact) mass is 503 g/mol. The van der Waals surface area contributed by atoms with Crippen molar-refractivity contribution in [2.24, 2.45) is 0 Å². The summed E-state index contributed by atoms with van der Waals surface area (Å²) in [6, 6.07) is 10.1. The van der Waals surface area contributed by atoms with Crippen molar-refractivity contribution in [3.05, 3.63) is 53.5 Å². The molecule has 9 heteroatoms. The number of carbonyl (C=O) groups is 1. The number of aromatic nitrogens is 4. The Morgan fingerprint density at radius 3 is 2.81 bits per heavy atom. The van der Waals surface area contributed by atoms with Crippen LogP contribution >= 0.6 is 11.6 Å². The molecule has 0 radical (unpaired) electrons. The van der Waals surface area contributed by atoms with E-state index in [1.807, 2.05) is 29.2 Å². The minimum Gasteiger partial charge on any atom is -0.355 e. The number of rotatable bonds is 6. The average Bonchev–Trinajstić information content (AvgIpc) is 3.52. The summed E-state index contributed by atoms with van der Waals surface area (Å²) >= 11 is 6.20. The SMILES string of the molecule is O=C(CCN1CCCCC1)N1CC=C(c2cc3c(Nc4ccc5[nH]nc(Cl)c5c4)ccnc3[nH]2)CC1. The topological polar surface area (TPSA) is 92.9 Å². The number of benzene rings is 1. The first-order chi connectivity index (χ1) is 17.6. The molecule has 1 fully saturated rings. The van der Waals surface area contributed by atoms with Crippen LogP contribution in [0.3, 0.4) is 0 Å². The molecule has 1 saturated heterocycles. The van der Waals surface area contributed by atoms with Crippen LogP contribution in [-0.2, 0) is 4.79 Å². The minimum absolute atomic E-state index is 0.260. The fourth-order valence-electron chi connectivity index (χ4n) is 5.26. The number of anilines is 2. The lowest BCUT2D eigenvalue weighted by Gasteiger charge is -2.29. The van der Waals surface area contributed by atoms with Gasteiger partial charge in [0.25, 0.3) is 0 Å². The quantitative estimate of drug-likeness (QED) is 0.331. The van der Waals surface area contributed by atoms with Crippen LogP contribution < -0.4 is 5.32 Å². The van der Waals surface area contributed by atoms with E-state index in [0.717, 1.165) is 71.6 Å². The number of aromatic amines is 2. The molecule has 3 aromatic heterocycles. The Bertz CT molecular complexity index is 1430. The van der Waals surface area contributed by atoms with E-state index in [4.69, 9.17) is 11.6 Å². The smallest absolute Gasteiger partial charge is 0.224 e. The van der Waals surface area contributed by atoms with E-state index < -0.39 is 0 Å². The molecule has 36 heavy (non-hydrogen) atoms. The third kappa shape index (κ3) is 4.70. The van der Waals surface area contributed by atoms with Crippen molar-refractivity contribution in [1.82, 2.24) is 30.0 Å². The van der Waals surface area contributed by atoms with Gasteiger partial charge < -0.3 is 20.1 Å². The summed E-state index contributed by atoms with van der Waals surface area (Å²) in [5.41, 5.74) is 5.91. The average molecular weight is 504 g/mol. The fraction of sp³-hybridized carbons (Fsp3) is 0.370. The Kier molecular flexibility index (Phi) is 6.37. The second-order valence-electron chi connectivity index (χ2n) is 9.68. The molecule has 0 atom stereocenters. The predicted molar refractivity (Wildman–Crippen MR) is 145 cm³/mol. The van der Waals surface area contributed by atoms with E-state index in [2.05, 4.69) is 42.5 Å². The van der Waals surface area contributed by atoms with Crippen LogP contribution in [0.2, 0.25) is 5.15 Å². The van der Waals surface area contributed by atoms with Gasteiger partial charge in [0.05, 0.1) is 11.2 Å². The molecule has 0 aliphatic carbocycles. The van der Waals surface area contributed by atoms with Crippen molar-refractivity contribution in [3.8, 4) is 0 Å². The number of carbonyl (C=O) groups excluding carboxylic acids is 1. The van der Waals surface area contributed by atoms with Gasteiger partial charge in [0, 0.05) is 54.4 Å². The van der Waals surface area contributed by atoms with Gasteiger partial charge in [-0.2, -0.15) is 5.10 Å². The van der Waals surface area contributed by atoms with Gasteiger partial charge in [-0.25, -0.2) is 4.98 Å². The highest BCUT2D eigenvalue weighted by Crippen LogP contribution is 2.32. The Labute approximate surface area is 214 Å². The largest absolute Gasteiger partial charge is 0.355 e. The zero-order valence-corrected chi connectivity index (χ0v) is 20.9. The van der Waals surface area contributed by atoms with E-state index in [9.17, 15) is 4.79 Å². The number of fused-ring (bicyclic) bond motifs is 2. The lowest BCUT2D eigenvalue weighted by Crippen LogP contribution is -2.38. The summed E-state index contributed by atoms with van der Waals surface area (Å²) in [4.78, 5) is 25.2. The molecule has 8 nitrogen and oxygen atoms in total.